The van der Waals surface area contributed by atoms with Gasteiger partial charge in [0.25, 0.3) is 0 Å². The highest BCUT2D eigenvalue weighted by atomic mass is 19.1. The van der Waals surface area contributed by atoms with Crippen molar-refractivity contribution < 1.29 is 19.0 Å². The number of nitrogens with zero attached hydrogens (tertiary/aromatic N) is 1. The van der Waals surface area contributed by atoms with Gasteiger partial charge in [-0.25, -0.2) is 4.39 Å². The number of rotatable bonds is 5. The minimum atomic E-state index is -0.853. The van der Waals surface area contributed by atoms with Crippen molar-refractivity contribution in [1.29, 1.82) is 0 Å². The number of halogens is 1. The van der Waals surface area contributed by atoms with Crippen molar-refractivity contribution in [3.8, 4) is 0 Å². The summed E-state index contributed by atoms with van der Waals surface area (Å²) in [4.78, 5) is 13.0. The summed E-state index contributed by atoms with van der Waals surface area (Å²) in [6, 6.07) is 6.52. The van der Waals surface area contributed by atoms with Gasteiger partial charge in [-0.1, -0.05) is 18.2 Å². The monoisotopic (exact) mass is 253 g/mol. The van der Waals surface area contributed by atoms with Crippen molar-refractivity contribution in [3.63, 3.8) is 0 Å². The molecule has 2 rings (SSSR count). The minimum absolute atomic E-state index is 0.226. The molecular weight excluding hydrogens is 237 g/mol. The number of hydrogen-bond acceptors (Lipinski definition) is 3. The molecule has 0 saturated carbocycles. The van der Waals surface area contributed by atoms with Crippen LogP contribution in [0.5, 0.6) is 0 Å². The maximum atomic E-state index is 13.5. The lowest BCUT2D eigenvalue weighted by molar-refractivity contribution is -0.183. The second-order valence-corrected chi connectivity index (χ2v) is 4.84. The van der Waals surface area contributed by atoms with Crippen molar-refractivity contribution in [2.24, 2.45) is 5.41 Å². The van der Waals surface area contributed by atoms with Crippen LogP contribution >= 0.6 is 0 Å². The van der Waals surface area contributed by atoms with Crippen LogP contribution in [0.2, 0.25) is 0 Å². The molecule has 5 heteroatoms. The van der Waals surface area contributed by atoms with Crippen molar-refractivity contribution in [1.82, 2.24) is 4.90 Å². The fourth-order valence-electron chi connectivity index (χ4n) is 2.12. The summed E-state index contributed by atoms with van der Waals surface area (Å²) in [6.07, 6.45) is 0. The Balaban J connectivity index is 1.99. The molecule has 1 saturated heterocycles. The second-order valence-electron chi connectivity index (χ2n) is 4.84. The molecule has 0 bridgehead atoms. The van der Waals surface area contributed by atoms with Crippen molar-refractivity contribution in [2.75, 3.05) is 26.8 Å². The average molecular weight is 253 g/mol. The van der Waals surface area contributed by atoms with E-state index in [0.717, 1.165) is 0 Å². The first kappa shape index (κ1) is 13.0. The standard InChI is InChI=1S/C13H16FNO3/c1-15(6-10-4-2-3-5-11(10)14)7-13(12(16)17)8-18-9-13/h2-5H,6-9H2,1H3,(H,16,17). The van der Waals surface area contributed by atoms with E-state index < -0.39 is 11.4 Å². The predicted molar refractivity (Wildman–Crippen MR) is 63.6 cm³/mol. The van der Waals surface area contributed by atoms with Crippen molar-refractivity contribution in [3.05, 3.63) is 35.6 Å². The zero-order valence-corrected chi connectivity index (χ0v) is 10.2. The summed E-state index contributed by atoms with van der Waals surface area (Å²) < 4.78 is 18.5. The van der Waals surface area contributed by atoms with Crippen molar-refractivity contribution in [2.45, 2.75) is 6.54 Å². The molecule has 1 aromatic rings. The Morgan fingerprint density at radius 1 is 1.50 bits per heavy atom. The Morgan fingerprint density at radius 3 is 2.67 bits per heavy atom. The number of benzene rings is 1. The van der Waals surface area contributed by atoms with Crippen LogP contribution in [0.15, 0.2) is 24.3 Å². The summed E-state index contributed by atoms with van der Waals surface area (Å²) in [5.74, 6) is -1.12. The Morgan fingerprint density at radius 2 is 2.17 bits per heavy atom. The summed E-state index contributed by atoms with van der Waals surface area (Å²) in [5.41, 5.74) is -0.263. The molecule has 4 nitrogen and oxygen atoms in total. The number of carboxylic acid groups (broad SMARTS) is 1. The van der Waals surface area contributed by atoms with Crippen LogP contribution in [-0.4, -0.2) is 42.8 Å². The first-order chi connectivity index (χ1) is 8.53. The van der Waals surface area contributed by atoms with Crippen LogP contribution in [0.25, 0.3) is 0 Å². The zero-order chi connectivity index (χ0) is 13.2. The molecule has 0 radical (unpaired) electrons. The molecule has 0 amide bonds. The van der Waals surface area contributed by atoms with Crippen LogP contribution in [0.3, 0.4) is 0 Å². The fraction of sp³-hybridized carbons (Fsp3) is 0.462. The van der Waals surface area contributed by atoms with Crippen LogP contribution < -0.4 is 0 Å². The normalized spacial score (nSPS) is 17.5. The fourth-order valence-corrected chi connectivity index (χ4v) is 2.12. The van der Waals surface area contributed by atoms with E-state index in [0.29, 0.717) is 18.7 Å². The van der Waals surface area contributed by atoms with Crippen molar-refractivity contribution >= 4 is 5.97 Å². The lowest BCUT2D eigenvalue weighted by atomic mass is 9.85. The highest BCUT2D eigenvalue weighted by Crippen LogP contribution is 2.29. The number of hydrogen-bond donors (Lipinski definition) is 1. The molecule has 18 heavy (non-hydrogen) atoms. The molecule has 0 aliphatic carbocycles. The predicted octanol–water partition coefficient (Wildman–Crippen LogP) is 1.36. The molecule has 1 N–H and O–H groups in total. The van der Waals surface area contributed by atoms with Gasteiger partial charge in [-0.3, -0.25) is 4.79 Å². The first-order valence-corrected chi connectivity index (χ1v) is 5.77. The molecule has 0 spiro atoms. The van der Waals surface area contributed by atoms with Gasteiger partial charge in [-0.2, -0.15) is 0 Å². The summed E-state index contributed by atoms with van der Waals surface area (Å²) in [6.45, 7) is 1.20. The highest BCUT2D eigenvalue weighted by molar-refractivity contribution is 5.76. The number of aliphatic carboxylic acids is 1. The molecule has 1 heterocycles. The summed E-state index contributed by atoms with van der Waals surface area (Å²) in [7, 11) is 1.79. The van der Waals surface area contributed by atoms with Gasteiger partial charge < -0.3 is 14.7 Å². The van der Waals surface area contributed by atoms with Gasteiger partial charge >= 0.3 is 5.97 Å². The average Bonchev–Trinajstić information content (AvgIpc) is 2.26. The molecule has 1 aromatic carbocycles. The van der Waals surface area contributed by atoms with E-state index in [1.54, 1.807) is 25.2 Å². The van der Waals surface area contributed by atoms with E-state index in [9.17, 15) is 14.3 Å². The topological polar surface area (TPSA) is 49.8 Å². The van der Waals surface area contributed by atoms with Crippen LogP contribution in [-0.2, 0) is 16.1 Å². The molecule has 0 unspecified atom stereocenters. The third-order valence-corrected chi connectivity index (χ3v) is 3.18. The molecular formula is C13H16FNO3. The second kappa shape index (κ2) is 5.04. The lowest BCUT2D eigenvalue weighted by Crippen LogP contribution is -2.55. The highest BCUT2D eigenvalue weighted by Gasteiger charge is 2.46. The Bertz CT molecular complexity index is 446. The number of carbonyl (C=O) groups is 1. The smallest absolute Gasteiger partial charge is 0.315 e. The van der Waals surface area contributed by atoms with Gasteiger partial charge in [-0.15, -0.1) is 0 Å². The van der Waals surface area contributed by atoms with E-state index in [-0.39, 0.29) is 19.0 Å². The molecule has 1 fully saturated rings. The third kappa shape index (κ3) is 2.52. The van der Waals surface area contributed by atoms with Crippen LogP contribution in [0.4, 0.5) is 4.39 Å². The van der Waals surface area contributed by atoms with Gasteiger partial charge in [0.15, 0.2) is 0 Å². The Hall–Kier alpha value is -1.46. The summed E-state index contributed by atoms with van der Waals surface area (Å²) in [5, 5.41) is 9.17. The van der Waals surface area contributed by atoms with Gasteiger partial charge in [-0.05, 0) is 13.1 Å². The number of carboxylic acids is 1. The van der Waals surface area contributed by atoms with Crippen LogP contribution in [0.1, 0.15) is 5.56 Å². The Labute approximate surface area is 105 Å². The zero-order valence-electron chi connectivity index (χ0n) is 10.2. The molecule has 0 atom stereocenters. The quantitative estimate of drug-likeness (QED) is 0.860. The maximum absolute atomic E-state index is 13.5. The van der Waals surface area contributed by atoms with E-state index in [1.165, 1.54) is 6.07 Å². The molecule has 1 aliphatic rings. The molecule has 98 valence electrons. The number of ether oxygens (including phenoxy) is 1. The van der Waals surface area contributed by atoms with Gasteiger partial charge in [0.05, 0.1) is 13.2 Å². The SMILES string of the molecule is CN(Cc1ccccc1F)CC1(C(=O)O)COC1. The van der Waals surface area contributed by atoms with Crippen LogP contribution in [0, 0.1) is 11.2 Å². The van der Waals surface area contributed by atoms with E-state index in [1.807, 2.05) is 4.90 Å². The Kier molecular flexibility index (Phi) is 3.63. The third-order valence-electron chi connectivity index (χ3n) is 3.18. The van der Waals surface area contributed by atoms with E-state index in [2.05, 4.69) is 0 Å². The van der Waals surface area contributed by atoms with E-state index in [4.69, 9.17) is 4.74 Å². The molecule has 1 aliphatic heterocycles. The molecule has 0 aromatic heterocycles. The van der Waals surface area contributed by atoms with Gasteiger partial charge in [0.2, 0.25) is 0 Å². The largest absolute Gasteiger partial charge is 0.481 e. The van der Waals surface area contributed by atoms with E-state index >= 15 is 0 Å². The van der Waals surface area contributed by atoms with Gasteiger partial charge in [0, 0.05) is 18.7 Å². The lowest BCUT2D eigenvalue weighted by Gasteiger charge is -2.40. The minimum Gasteiger partial charge on any atom is -0.481 e. The maximum Gasteiger partial charge on any atom is 0.315 e. The first-order valence-electron chi connectivity index (χ1n) is 5.77. The van der Waals surface area contributed by atoms with Gasteiger partial charge in [0.1, 0.15) is 11.2 Å². The summed E-state index contributed by atoms with van der Waals surface area (Å²) >= 11 is 0.